The third-order valence-electron chi connectivity index (χ3n) is 2.53. The second-order valence-corrected chi connectivity index (χ2v) is 4.83. The van der Waals surface area contributed by atoms with Crippen molar-refractivity contribution in [2.45, 2.75) is 13.5 Å². The van der Waals surface area contributed by atoms with Crippen LogP contribution in [-0.2, 0) is 6.54 Å². The highest BCUT2D eigenvalue weighted by atomic mass is 35.5. The Balaban J connectivity index is 2.21. The fourth-order valence-electron chi connectivity index (χ4n) is 1.62. The normalized spacial score (nSPS) is 10.5. The van der Waals surface area contributed by atoms with Crippen molar-refractivity contribution in [3.05, 3.63) is 51.5 Å². The minimum absolute atomic E-state index is 0.0763. The molecule has 0 saturated heterocycles. The Kier molecular flexibility index (Phi) is 4.12. The van der Waals surface area contributed by atoms with Crippen LogP contribution in [0.3, 0.4) is 0 Å². The Morgan fingerprint density at radius 1 is 1.26 bits per heavy atom. The first-order chi connectivity index (χ1) is 8.97. The Morgan fingerprint density at radius 2 is 1.89 bits per heavy atom. The van der Waals surface area contributed by atoms with Gasteiger partial charge >= 0.3 is 0 Å². The predicted molar refractivity (Wildman–Crippen MR) is 74.4 cm³/mol. The molecule has 2 rings (SSSR count). The van der Waals surface area contributed by atoms with Crippen molar-refractivity contribution < 1.29 is 9.50 Å². The summed E-state index contributed by atoms with van der Waals surface area (Å²) in [4.78, 5) is 4.19. The van der Waals surface area contributed by atoms with Crippen molar-refractivity contribution in [3.63, 3.8) is 0 Å². The number of nitrogens with one attached hydrogen (secondary N) is 1. The molecule has 0 unspecified atom stereocenters. The molecule has 2 N–H and O–H groups in total. The van der Waals surface area contributed by atoms with Gasteiger partial charge in [0.1, 0.15) is 17.3 Å². The Morgan fingerprint density at radius 3 is 2.53 bits per heavy atom. The van der Waals surface area contributed by atoms with E-state index in [2.05, 4.69) is 10.3 Å². The second-order valence-electron chi connectivity index (χ2n) is 4.02. The van der Waals surface area contributed by atoms with Gasteiger partial charge in [-0.2, -0.15) is 0 Å². The molecule has 1 aromatic carbocycles. The van der Waals surface area contributed by atoms with Crippen molar-refractivity contribution >= 4 is 28.9 Å². The molecule has 100 valence electrons. The zero-order valence-corrected chi connectivity index (χ0v) is 11.6. The van der Waals surface area contributed by atoms with E-state index < -0.39 is 5.82 Å². The molecule has 6 heteroatoms. The van der Waals surface area contributed by atoms with Crippen LogP contribution in [0.15, 0.2) is 24.3 Å². The average molecular weight is 301 g/mol. The lowest BCUT2D eigenvalue weighted by Crippen LogP contribution is -2.04. The van der Waals surface area contributed by atoms with E-state index in [-0.39, 0.29) is 22.3 Å². The molecule has 19 heavy (non-hydrogen) atoms. The molecule has 0 aliphatic rings. The summed E-state index contributed by atoms with van der Waals surface area (Å²) in [6.45, 7) is 2.05. The quantitative estimate of drug-likeness (QED) is 0.895. The van der Waals surface area contributed by atoms with Crippen LogP contribution in [0.5, 0.6) is 5.75 Å². The van der Waals surface area contributed by atoms with Gasteiger partial charge in [0.05, 0.1) is 22.3 Å². The Hall–Kier alpha value is -1.52. The van der Waals surface area contributed by atoms with E-state index >= 15 is 0 Å². The zero-order valence-electron chi connectivity index (χ0n) is 10.0. The highest BCUT2D eigenvalue weighted by molar-refractivity contribution is 6.39. The summed E-state index contributed by atoms with van der Waals surface area (Å²) in [5.74, 6) is -0.426. The number of pyridine rings is 1. The van der Waals surface area contributed by atoms with Gasteiger partial charge in [-0.3, -0.25) is 4.98 Å². The number of aromatic hydroxyl groups is 1. The summed E-state index contributed by atoms with van der Waals surface area (Å²) >= 11 is 11.8. The van der Waals surface area contributed by atoms with Crippen molar-refractivity contribution in [2.75, 3.05) is 5.32 Å². The van der Waals surface area contributed by atoms with E-state index in [1.807, 2.05) is 6.92 Å². The van der Waals surface area contributed by atoms with Gasteiger partial charge in [0.15, 0.2) is 0 Å². The van der Waals surface area contributed by atoms with Crippen molar-refractivity contribution in [2.24, 2.45) is 0 Å². The first kappa shape index (κ1) is 13.9. The fourth-order valence-corrected chi connectivity index (χ4v) is 2.21. The SMILES string of the molecule is Cc1ccc(O)c(CNc2c(Cl)cc(F)cc2Cl)n1. The molecule has 0 fully saturated rings. The summed E-state index contributed by atoms with van der Waals surface area (Å²) < 4.78 is 13.0. The summed E-state index contributed by atoms with van der Waals surface area (Å²) in [5, 5.41) is 13.0. The van der Waals surface area contributed by atoms with Crippen LogP contribution in [0, 0.1) is 12.7 Å². The summed E-state index contributed by atoms with van der Waals surface area (Å²) in [5.41, 5.74) is 1.66. The fraction of sp³-hybridized carbons (Fsp3) is 0.154. The number of nitrogens with zero attached hydrogens (tertiary/aromatic N) is 1. The Bertz CT molecular complexity index is 597. The van der Waals surface area contributed by atoms with Gasteiger partial charge in [0, 0.05) is 5.69 Å². The molecule has 2 aromatic rings. The molecule has 3 nitrogen and oxygen atoms in total. The first-order valence-electron chi connectivity index (χ1n) is 5.51. The number of benzene rings is 1. The maximum atomic E-state index is 13.0. The largest absolute Gasteiger partial charge is 0.506 e. The highest BCUT2D eigenvalue weighted by Gasteiger charge is 2.10. The van der Waals surface area contributed by atoms with E-state index in [1.54, 1.807) is 12.1 Å². The van der Waals surface area contributed by atoms with E-state index in [1.165, 1.54) is 12.1 Å². The first-order valence-corrected chi connectivity index (χ1v) is 6.27. The molecule has 0 aliphatic carbocycles. The van der Waals surface area contributed by atoms with E-state index in [4.69, 9.17) is 23.2 Å². The van der Waals surface area contributed by atoms with Crippen LogP contribution in [0.4, 0.5) is 10.1 Å². The predicted octanol–water partition coefficient (Wildman–Crippen LogP) is 4.15. The van der Waals surface area contributed by atoms with Gasteiger partial charge in [-0.05, 0) is 31.2 Å². The number of rotatable bonds is 3. The molecule has 0 saturated carbocycles. The van der Waals surface area contributed by atoms with Crippen LogP contribution < -0.4 is 5.32 Å². The van der Waals surface area contributed by atoms with Crippen LogP contribution in [-0.4, -0.2) is 10.1 Å². The zero-order chi connectivity index (χ0) is 14.0. The maximum absolute atomic E-state index is 13.0. The monoisotopic (exact) mass is 300 g/mol. The molecule has 0 atom stereocenters. The summed E-state index contributed by atoms with van der Waals surface area (Å²) in [6, 6.07) is 5.60. The molecular formula is C13H11Cl2FN2O. The third-order valence-corrected chi connectivity index (χ3v) is 3.13. The van der Waals surface area contributed by atoms with Gasteiger partial charge in [-0.15, -0.1) is 0 Å². The van der Waals surface area contributed by atoms with Gasteiger partial charge < -0.3 is 10.4 Å². The van der Waals surface area contributed by atoms with Gasteiger partial charge in [0.2, 0.25) is 0 Å². The molecule has 1 aromatic heterocycles. The smallest absolute Gasteiger partial charge is 0.138 e. The lowest BCUT2D eigenvalue weighted by Gasteiger charge is -2.11. The second kappa shape index (κ2) is 5.63. The molecule has 0 radical (unpaired) electrons. The van der Waals surface area contributed by atoms with Crippen LogP contribution in [0.25, 0.3) is 0 Å². The summed E-state index contributed by atoms with van der Waals surface area (Å²) in [6.07, 6.45) is 0. The van der Waals surface area contributed by atoms with E-state index in [0.717, 1.165) is 5.69 Å². The molecule has 0 bridgehead atoms. The molecule has 0 spiro atoms. The Labute approximate surface area is 120 Å². The molecule has 0 amide bonds. The van der Waals surface area contributed by atoms with Gasteiger partial charge in [-0.25, -0.2) is 4.39 Å². The molecule has 0 aliphatic heterocycles. The molecule has 1 heterocycles. The van der Waals surface area contributed by atoms with Crippen molar-refractivity contribution in [1.82, 2.24) is 4.98 Å². The third kappa shape index (κ3) is 3.28. The number of hydrogen-bond acceptors (Lipinski definition) is 3. The lowest BCUT2D eigenvalue weighted by atomic mass is 10.2. The maximum Gasteiger partial charge on any atom is 0.138 e. The van der Waals surface area contributed by atoms with Gasteiger partial charge in [0.25, 0.3) is 0 Å². The van der Waals surface area contributed by atoms with Crippen LogP contribution in [0.2, 0.25) is 10.0 Å². The number of anilines is 1. The minimum atomic E-state index is -0.503. The topological polar surface area (TPSA) is 45.1 Å². The number of hydrogen-bond donors (Lipinski definition) is 2. The highest BCUT2D eigenvalue weighted by Crippen LogP contribution is 2.32. The van der Waals surface area contributed by atoms with Crippen LogP contribution in [0.1, 0.15) is 11.4 Å². The number of halogens is 3. The van der Waals surface area contributed by atoms with Crippen molar-refractivity contribution in [1.29, 1.82) is 0 Å². The van der Waals surface area contributed by atoms with E-state index in [9.17, 15) is 9.50 Å². The van der Waals surface area contributed by atoms with Crippen molar-refractivity contribution in [3.8, 4) is 5.75 Å². The number of aromatic nitrogens is 1. The van der Waals surface area contributed by atoms with Crippen LogP contribution >= 0.6 is 23.2 Å². The minimum Gasteiger partial charge on any atom is -0.506 e. The standard InChI is InChI=1S/C13H11Cl2FN2O/c1-7-2-3-12(19)11(18-7)6-17-13-9(14)4-8(16)5-10(13)15/h2-5,17,19H,6H2,1H3. The van der Waals surface area contributed by atoms with E-state index in [0.29, 0.717) is 11.4 Å². The lowest BCUT2D eigenvalue weighted by molar-refractivity contribution is 0.464. The van der Waals surface area contributed by atoms with Gasteiger partial charge in [-0.1, -0.05) is 23.2 Å². The molecular weight excluding hydrogens is 290 g/mol. The average Bonchev–Trinajstić information content (AvgIpc) is 2.32. The number of aryl methyl sites for hydroxylation is 1. The summed E-state index contributed by atoms with van der Waals surface area (Å²) in [7, 11) is 0.